The molecule has 4 saturated carbocycles. The summed E-state index contributed by atoms with van der Waals surface area (Å²) in [5.74, 6) is 1.87. The normalized spacial score (nSPS) is 41.2. The van der Waals surface area contributed by atoms with Gasteiger partial charge in [0.25, 0.3) is 0 Å². The smallest absolute Gasteiger partial charge is 0.352 e. The molecular formula is C15H19NO2. The Kier molecular flexibility index (Phi) is 2.01. The average Bonchev–Trinajstić information content (AvgIpc) is 2.76. The molecule has 0 atom stereocenters. The van der Waals surface area contributed by atoms with E-state index in [1.807, 2.05) is 12.3 Å². The predicted octanol–water partition coefficient (Wildman–Crippen LogP) is 3.18. The molecule has 0 aliphatic heterocycles. The molecule has 1 aromatic rings. The molecule has 1 aromatic heterocycles. The highest BCUT2D eigenvalue weighted by Crippen LogP contribution is 2.60. The molecule has 4 bridgehead atoms. The van der Waals surface area contributed by atoms with Crippen LogP contribution in [-0.4, -0.2) is 16.1 Å². The highest BCUT2D eigenvalue weighted by molar-refractivity contribution is 5.85. The first kappa shape index (κ1) is 10.7. The minimum atomic E-state index is -0.842. The molecule has 0 saturated heterocycles. The Bertz CT molecular complexity index is 467. The zero-order valence-electron chi connectivity index (χ0n) is 10.5. The van der Waals surface area contributed by atoms with E-state index in [-0.39, 0.29) is 0 Å². The first-order chi connectivity index (χ1) is 8.64. The first-order valence-corrected chi connectivity index (χ1v) is 7.07. The molecule has 1 heterocycles. The van der Waals surface area contributed by atoms with E-state index in [4.69, 9.17) is 5.11 Å². The third-order valence-corrected chi connectivity index (χ3v) is 5.56. The van der Waals surface area contributed by atoms with Gasteiger partial charge in [-0.15, -0.1) is 0 Å². The summed E-state index contributed by atoms with van der Waals surface area (Å²) in [6.45, 7) is 0. The van der Waals surface area contributed by atoms with Crippen LogP contribution in [0.1, 0.15) is 54.6 Å². The molecule has 4 aliphatic rings. The van der Waals surface area contributed by atoms with Crippen LogP contribution in [0.2, 0.25) is 0 Å². The summed E-state index contributed by atoms with van der Waals surface area (Å²) < 4.78 is 0. The minimum Gasteiger partial charge on any atom is -0.477 e. The maximum atomic E-state index is 11.0. The number of aromatic nitrogens is 1. The Morgan fingerprint density at radius 3 is 2.17 bits per heavy atom. The Labute approximate surface area is 107 Å². The van der Waals surface area contributed by atoms with E-state index in [2.05, 4.69) is 4.98 Å². The lowest BCUT2D eigenvalue weighted by Gasteiger charge is -2.56. The predicted molar refractivity (Wildman–Crippen MR) is 67.6 cm³/mol. The minimum absolute atomic E-state index is 0.305. The number of rotatable bonds is 2. The van der Waals surface area contributed by atoms with Crippen LogP contribution in [0.4, 0.5) is 0 Å². The number of carboxylic acid groups (broad SMARTS) is 1. The van der Waals surface area contributed by atoms with Crippen molar-refractivity contribution in [1.82, 2.24) is 4.98 Å². The second-order valence-electron chi connectivity index (χ2n) is 6.81. The molecule has 0 aromatic carbocycles. The van der Waals surface area contributed by atoms with Crippen molar-refractivity contribution in [1.29, 1.82) is 0 Å². The fourth-order valence-corrected chi connectivity index (χ4v) is 5.29. The van der Waals surface area contributed by atoms with E-state index < -0.39 is 5.97 Å². The highest BCUT2D eigenvalue weighted by Gasteiger charge is 2.51. The molecule has 4 aliphatic carbocycles. The first-order valence-electron chi connectivity index (χ1n) is 7.07. The van der Waals surface area contributed by atoms with Crippen LogP contribution in [0.5, 0.6) is 0 Å². The zero-order chi connectivity index (χ0) is 12.3. The van der Waals surface area contributed by atoms with Gasteiger partial charge in [-0.05, 0) is 73.3 Å². The summed E-state index contributed by atoms with van der Waals surface area (Å²) in [5.41, 5.74) is 1.92. The lowest BCUT2D eigenvalue weighted by Crippen LogP contribution is -2.48. The van der Waals surface area contributed by atoms with Crippen molar-refractivity contribution in [2.75, 3.05) is 0 Å². The molecule has 4 fully saturated rings. The van der Waals surface area contributed by atoms with E-state index in [0.717, 1.165) is 17.8 Å². The molecule has 0 radical (unpaired) electrons. The van der Waals surface area contributed by atoms with Crippen molar-refractivity contribution in [3.63, 3.8) is 0 Å². The maximum absolute atomic E-state index is 11.0. The quantitative estimate of drug-likeness (QED) is 0.840. The molecule has 3 nitrogen and oxygen atoms in total. The number of nitrogens with one attached hydrogen (secondary N) is 1. The second-order valence-corrected chi connectivity index (χ2v) is 6.81. The van der Waals surface area contributed by atoms with Crippen molar-refractivity contribution in [3.05, 3.63) is 23.5 Å². The Hall–Kier alpha value is -1.25. The van der Waals surface area contributed by atoms with Crippen LogP contribution in [0, 0.1) is 17.8 Å². The fraction of sp³-hybridized carbons (Fsp3) is 0.667. The highest BCUT2D eigenvalue weighted by atomic mass is 16.4. The third-order valence-electron chi connectivity index (χ3n) is 5.56. The fourth-order valence-electron chi connectivity index (χ4n) is 5.29. The van der Waals surface area contributed by atoms with Gasteiger partial charge in [-0.25, -0.2) is 4.79 Å². The lowest BCUT2D eigenvalue weighted by atomic mass is 9.48. The van der Waals surface area contributed by atoms with Crippen molar-refractivity contribution < 1.29 is 9.90 Å². The van der Waals surface area contributed by atoms with E-state index in [1.165, 1.54) is 44.1 Å². The van der Waals surface area contributed by atoms with Crippen molar-refractivity contribution in [2.45, 2.75) is 43.9 Å². The Balaban J connectivity index is 1.72. The molecule has 5 rings (SSSR count). The molecule has 18 heavy (non-hydrogen) atoms. The summed E-state index contributed by atoms with van der Waals surface area (Å²) in [4.78, 5) is 13.9. The van der Waals surface area contributed by atoms with Gasteiger partial charge >= 0.3 is 5.97 Å². The van der Waals surface area contributed by atoms with Gasteiger partial charge in [-0.1, -0.05) is 0 Å². The zero-order valence-corrected chi connectivity index (χ0v) is 10.5. The molecule has 96 valence electrons. The van der Waals surface area contributed by atoms with E-state index in [1.54, 1.807) is 0 Å². The molecule has 2 N–H and O–H groups in total. The van der Waals surface area contributed by atoms with Gasteiger partial charge in [0.05, 0.1) is 0 Å². The summed E-state index contributed by atoms with van der Waals surface area (Å²) in [6.07, 6.45) is 10.1. The summed E-state index contributed by atoms with van der Waals surface area (Å²) >= 11 is 0. The number of aromatic amines is 1. The van der Waals surface area contributed by atoms with Gasteiger partial charge in [-0.2, -0.15) is 0 Å². The van der Waals surface area contributed by atoms with Crippen LogP contribution in [-0.2, 0) is 5.41 Å². The van der Waals surface area contributed by atoms with Crippen LogP contribution in [0.25, 0.3) is 0 Å². The largest absolute Gasteiger partial charge is 0.477 e. The van der Waals surface area contributed by atoms with E-state index >= 15 is 0 Å². The second kappa shape index (κ2) is 3.40. The van der Waals surface area contributed by atoms with Crippen molar-refractivity contribution in [2.24, 2.45) is 17.8 Å². The van der Waals surface area contributed by atoms with Crippen molar-refractivity contribution in [3.8, 4) is 0 Å². The van der Waals surface area contributed by atoms with Crippen LogP contribution < -0.4 is 0 Å². The Morgan fingerprint density at radius 1 is 1.17 bits per heavy atom. The number of hydrogen-bond donors (Lipinski definition) is 2. The third kappa shape index (κ3) is 1.39. The van der Waals surface area contributed by atoms with Crippen LogP contribution in [0.3, 0.4) is 0 Å². The maximum Gasteiger partial charge on any atom is 0.352 e. The average molecular weight is 245 g/mol. The number of carbonyl (C=O) groups is 1. The van der Waals surface area contributed by atoms with Gasteiger partial charge in [0.15, 0.2) is 0 Å². The summed E-state index contributed by atoms with van der Waals surface area (Å²) in [5, 5.41) is 9.05. The Morgan fingerprint density at radius 2 is 1.72 bits per heavy atom. The van der Waals surface area contributed by atoms with Crippen LogP contribution in [0.15, 0.2) is 12.3 Å². The standard InChI is InChI=1S/C15H19NO2/c17-14(18)13-4-12(8-16-13)15-5-9-1-10(6-15)3-11(2-9)7-15/h4,8-11,16H,1-3,5-7H2,(H,17,18). The van der Waals surface area contributed by atoms with Gasteiger partial charge in [0.2, 0.25) is 0 Å². The number of hydrogen-bond acceptors (Lipinski definition) is 1. The molecule has 3 heteroatoms. The topological polar surface area (TPSA) is 53.1 Å². The van der Waals surface area contributed by atoms with E-state index in [9.17, 15) is 4.79 Å². The molecule has 0 spiro atoms. The summed E-state index contributed by atoms with van der Waals surface area (Å²) in [6, 6.07) is 1.88. The van der Waals surface area contributed by atoms with E-state index in [0.29, 0.717) is 11.1 Å². The SMILES string of the molecule is O=C(O)c1cc(C23CC4CC(CC(C4)C2)C3)c[nH]1. The van der Waals surface area contributed by atoms with Gasteiger partial charge in [-0.3, -0.25) is 0 Å². The molecular weight excluding hydrogens is 226 g/mol. The number of H-pyrrole nitrogens is 1. The van der Waals surface area contributed by atoms with Gasteiger partial charge in [0.1, 0.15) is 5.69 Å². The number of carboxylic acids is 1. The molecule has 0 unspecified atom stereocenters. The van der Waals surface area contributed by atoms with Gasteiger partial charge < -0.3 is 10.1 Å². The summed E-state index contributed by atoms with van der Waals surface area (Å²) in [7, 11) is 0. The lowest BCUT2D eigenvalue weighted by molar-refractivity contribution is -0.00513. The number of aromatic carboxylic acids is 1. The molecule has 0 amide bonds. The van der Waals surface area contributed by atoms with Crippen LogP contribution >= 0.6 is 0 Å². The monoisotopic (exact) mass is 245 g/mol. The van der Waals surface area contributed by atoms with Gasteiger partial charge in [0, 0.05) is 6.20 Å². The van der Waals surface area contributed by atoms with Crippen molar-refractivity contribution >= 4 is 5.97 Å².